The summed E-state index contributed by atoms with van der Waals surface area (Å²) in [5.41, 5.74) is 3.06. The van der Waals surface area contributed by atoms with Crippen LogP contribution in [0.25, 0.3) is 0 Å². The fourth-order valence-electron chi connectivity index (χ4n) is 7.75. The van der Waals surface area contributed by atoms with Gasteiger partial charge < -0.3 is 19.7 Å². The van der Waals surface area contributed by atoms with Gasteiger partial charge in [0.25, 0.3) is 0 Å². The molecule has 0 radical (unpaired) electrons. The molecule has 0 bridgehead atoms. The van der Waals surface area contributed by atoms with Gasteiger partial charge in [-0.2, -0.15) is 0 Å². The van der Waals surface area contributed by atoms with Crippen LogP contribution in [-0.4, -0.2) is 43.8 Å². The molecule has 0 saturated heterocycles. The highest BCUT2D eigenvalue weighted by Gasteiger charge is 2.54. The molecule has 4 saturated carbocycles. The molecule has 4 aliphatic carbocycles. The molecular weight excluding hydrogens is 476 g/mol. The van der Waals surface area contributed by atoms with E-state index in [1.165, 1.54) is 31.3 Å². The third kappa shape index (κ3) is 5.12. The highest BCUT2D eigenvalue weighted by atomic mass is 16.4. The van der Waals surface area contributed by atoms with Crippen LogP contribution in [0, 0.1) is 23.2 Å². The first kappa shape index (κ1) is 27.5. The minimum Gasteiger partial charge on any atom is -0.425 e. The zero-order valence-electron chi connectivity index (χ0n) is 23.4. The van der Waals surface area contributed by atoms with Crippen LogP contribution in [0.1, 0.15) is 96.8 Å². The number of aliphatic hydroxyl groups excluding tert-OH is 3. The Morgan fingerprint density at radius 1 is 1.13 bits per heavy atom. The molecule has 0 unspecified atom stereocenters. The first-order chi connectivity index (χ1) is 18.2. The normalized spacial score (nSPS) is 36.6. The van der Waals surface area contributed by atoms with Crippen LogP contribution in [0.2, 0.25) is 0 Å². The van der Waals surface area contributed by atoms with Crippen LogP contribution >= 0.6 is 0 Å². The molecule has 0 amide bonds. The number of rotatable bonds is 8. The van der Waals surface area contributed by atoms with Gasteiger partial charge in [0.1, 0.15) is 0 Å². The fourth-order valence-corrected chi connectivity index (χ4v) is 7.75. The molecule has 6 nitrogen and oxygen atoms in total. The predicted molar refractivity (Wildman–Crippen MR) is 148 cm³/mol. The molecule has 208 valence electrons. The molecule has 7 atom stereocenters. The van der Waals surface area contributed by atoms with E-state index in [0.717, 1.165) is 43.3 Å². The van der Waals surface area contributed by atoms with E-state index in [1.54, 1.807) is 0 Å². The van der Waals surface area contributed by atoms with E-state index in [0.29, 0.717) is 42.4 Å². The van der Waals surface area contributed by atoms with Crippen LogP contribution in [0.4, 0.5) is 0 Å². The summed E-state index contributed by atoms with van der Waals surface area (Å²) in [6.45, 7) is 10.9. The average molecular weight is 523 g/mol. The third-order valence-electron chi connectivity index (χ3n) is 10.2. The lowest BCUT2D eigenvalue weighted by molar-refractivity contribution is 0.0862. The number of aryl methyl sites for hydroxylation is 1. The molecule has 38 heavy (non-hydrogen) atoms. The van der Waals surface area contributed by atoms with Crippen LogP contribution in [0.3, 0.4) is 0 Å². The quantitative estimate of drug-likeness (QED) is 0.376. The second-order valence-corrected chi connectivity index (χ2v) is 12.8. The van der Waals surface area contributed by atoms with Crippen LogP contribution in [-0.2, 0) is 11.8 Å². The highest BCUT2D eigenvalue weighted by Crippen LogP contribution is 2.60. The molecule has 1 aromatic rings. The van der Waals surface area contributed by atoms with Gasteiger partial charge in [-0.3, -0.25) is 0 Å². The topological polar surface area (TPSA) is 99.6 Å². The van der Waals surface area contributed by atoms with Crippen molar-refractivity contribution in [2.24, 2.45) is 23.2 Å². The zero-order chi connectivity index (χ0) is 27.1. The van der Waals surface area contributed by atoms with E-state index in [-0.39, 0.29) is 5.41 Å². The van der Waals surface area contributed by atoms with E-state index in [1.807, 2.05) is 6.08 Å². The lowest BCUT2D eigenvalue weighted by atomic mass is 9.61. The molecule has 4 fully saturated rings. The molecule has 0 spiro atoms. The number of fused-ring (bicyclic) bond motifs is 1. The lowest BCUT2D eigenvalue weighted by Crippen LogP contribution is -2.35. The van der Waals surface area contributed by atoms with E-state index in [9.17, 15) is 15.3 Å². The van der Waals surface area contributed by atoms with Gasteiger partial charge in [0.15, 0.2) is 0 Å². The summed E-state index contributed by atoms with van der Waals surface area (Å²) in [6.07, 6.45) is 17.2. The molecule has 0 aromatic carbocycles. The van der Waals surface area contributed by atoms with Crippen molar-refractivity contribution in [1.29, 1.82) is 0 Å². The van der Waals surface area contributed by atoms with Gasteiger partial charge in [-0.05, 0) is 92.1 Å². The number of aliphatic hydroxyl groups is 3. The second kappa shape index (κ2) is 10.9. The Kier molecular flexibility index (Phi) is 7.87. The molecule has 5 rings (SSSR count). The maximum atomic E-state index is 11.1. The number of allylic oxidation sites excluding steroid dienone is 4. The van der Waals surface area contributed by atoms with Crippen LogP contribution in [0.5, 0.6) is 0 Å². The van der Waals surface area contributed by atoms with Crippen molar-refractivity contribution >= 4 is 0 Å². The summed E-state index contributed by atoms with van der Waals surface area (Å²) < 4.78 is 5.90. The summed E-state index contributed by atoms with van der Waals surface area (Å²) in [4.78, 5) is 0. The SMILES string of the molecule is C=C1C(=CC=C2CCC[C@]3(C)[C@@H]([C@H](C)C=C[C@@H](O)C4(c5nnc(CCC)o5)CC4)CC[C@@H]23)C[C@@H](O)C[C@@H]1O. The number of aromatic nitrogens is 2. The van der Waals surface area contributed by atoms with Gasteiger partial charge >= 0.3 is 0 Å². The van der Waals surface area contributed by atoms with Gasteiger partial charge in [-0.25, -0.2) is 0 Å². The summed E-state index contributed by atoms with van der Waals surface area (Å²) in [5, 5.41) is 39.9. The Hall–Kier alpha value is -2.02. The third-order valence-corrected chi connectivity index (χ3v) is 10.2. The van der Waals surface area contributed by atoms with E-state index in [4.69, 9.17) is 4.42 Å². The van der Waals surface area contributed by atoms with Gasteiger partial charge in [-0.1, -0.05) is 57.2 Å². The largest absolute Gasteiger partial charge is 0.425 e. The number of hydrogen-bond acceptors (Lipinski definition) is 6. The Morgan fingerprint density at radius 2 is 1.92 bits per heavy atom. The van der Waals surface area contributed by atoms with Crippen molar-refractivity contribution in [2.45, 2.75) is 115 Å². The molecule has 1 heterocycles. The van der Waals surface area contributed by atoms with Crippen molar-refractivity contribution in [1.82, 2.24) is 10.2 Å². The maximum absolute atomic E-state index is 11.1. The van der Waals surface area contributed by atoms with Gasteiger partial charge in [0.05, 0.1) is 23.7 Å². The number of hydrogen-bond donors (Lipinski definition) is 3. The molecule has 4 aliphatic rings. The van der Waals surface area contributed by atoms with Gasteiger partial charge in [0, 0.05) is 12.8 Å². The molecule has 6 heteroatoms. The molecule has 3 N–H and O–H groups in total. The summed E-state index contributed by atoms with van der Waals surface area (Å²) in [7, 11) is 0. The van der Waals surface area contributed by atoms with Crippen LogP contribution in [0.15, 0.2) is 52.0 Å². The Morgan fingerprint density at radius 3 is 2.66 bits per heavy atom. The molecular formula is C32H46N2O4. The van der Waals surface area contributed by atoms with Crippen molar-refractivity contribution in [3.63, 3.8) is 0 Å². The zero-order valence-corrected chi connectivity index (χ0v) is 23.4. The minimum absolute atomic E-state index is 0.235. The van der Waals surface area contributed by atoms with Gasteiger partial charge in [-0.15, -0.1) is 10.2 Å². The smallest absolute Gasteiger partial charge is 0.225 e. The lowest BCUT2D eigenvalue weighted by Gasteiger charge is -2.44. The first-order valence-corrected chi connectivity index (χ1v) is 14.8. The Balaban J connectivity index is 1.27. The van der Waals surface area contributed by atoms with Gasteiger partial charge in [0.2, 0.25) is 11.8 Å². The summed E-state index contributed by atoms with van der Waals surface area (Å²) in [5.74, 6) is 2.75. The standard InChI is InChI=1S/C32H46N2O4/c1-5-7-29-33-34-30(38-29)32(16-17-32)28(37)14-9-20(2)25-12-13-26-22(8-6-15-31(25,26)4)10-11-23-18-24(35)19-27(36)21(23)3/h9-11,14,20,24-28,35-37H,3,5-8,12-13,15-19H2,1-2,4H3/t20-,24-,25-,26+,27+,28-,31-/m1/s1. The van der Waals surface area contributed by atoms with Crippen LogP contribution < -0.4 is 0 Å². The van der Waals surface area contributed by atoms with E-state index < -0.39 is 23.7 Å². The monoisotopic (exact) mass is 522 g/mol. The van der Waals surface area contributed by atoms with Crippen molar-refractivity contribution < 1.29 is 19.7 Å². The second-order valence-electron chi connectivity index (χ2n) is 12.8. The predicted octanol–water partition coefficient (Wildman–Crippen LogP) is 5.75. The first-order valence-electron chi connectivity index (χ1n) is 14.8. The highest BCUT2D eigenvalue weighted by molar-refractivity contribution is 5.38. The average Bonchev–Trinajstić information content (AvgIpc) is 3.42. The van der Waals surface area contributed by atoms with Crippen molar-refractivity contribution in [2.75, 3.05) is 0 Å². The van der Waals surface area contributed by atoms with E-state index >= 15 is 0 Å². The van der Waals surface area contributed by atoms with E-state index in [2.05, 4.69) is 55.8 Å². The number of nitrogens with zero attached hydrogens (tertiary/aromatic N) is 2. The van der Waals surface area contributed by atoms with Crippen molar-refractivity contribution in [3.05, 3.63) is 59.4 Å². The Bertz CT molecular complexity index is 1110. The summed E-state index contributed by atoms with van der Waals surface area (Å²) >= 11 is 0. The molecule has 0 aliphatic heterocycles. The summed E-state index contributed by atoms with van der Waals surface area (Å²) in [6, 6.07) is 0. The molecule has 1 aromatic heterocycles. The van der Waals surface area contributed by atoms with Crippen molar-refractivity contribution in [3.8, 4) is 0 Å². The maximum Gasteiger partial charge on any atom is 0.225 e. The fraction of sp³-hybridized carbons (Fsp3) is 0.688. The minimum atomic E-state index is -0.646. The Labute approximate surface area is 227 Å².